The van der Waals surface area contributed by atoms with Crippen molar-refractivity contribution in [2.24, 2.45) is 15.0 Å². The van der Waals surface area contributed by atoms with Gasteiger partial charge in [-0.25, -0.2) is 9.98 Å². The Labute approximate surface area is 388 Å². The Kier molecular flexibility index (Phi) is 12.1. The van der Waals surface area contributed by atoms with Crippen LogP contribution in [-0.2, 0) is 6.54 Å². The van der Waals surface area contributed by atoms with Gasteiger partial charge >= 0.3 is 0 Å². The second-order valence-corrected chi connectivity index (χ2v) is 17.7. The summed E-state index contributed by atoms with van der Waals surface area (Å²) >= 11 is 3.63. The highest BCUT2D eigenvalue weighted by atomic mass is 32.2. The van der Waals surface area contributed by atoms with Crippen LogP contribution in [0.1, 0.15) is 18.1 Å². The van der Waals surface area contributed by atoms with Crippen molar-refractivity contribution in [3.05, 3.63) is 233 Å². The number of allylic oxidation sites excluding steroid dienone is 2. The molecule has 0 N–H and O–H groups in total. The van der Waals surface area contributed by atoms with Gasteiger partial charge in [0.2, 0.25) is 0 Å². The number of anilines is 3. The van der Waals surface area contributed by atoms with Crippen LogP contribution < -0.4 is 14.7 Å². The van der Waals surface area contributed by atoms with Crippen LogP contribution in [0.4, 0.5) is 17.1 Å². The lowest BCUT2D eigenvalue weighted by atomic mass is 10.0. The molecule has 1 aromatic heterocycles. The van der Waals surface area contributed by atoms with E-state index in [0.717, 1.165) is 43.2 Å². The van der Waals surface area contributed by atoms with Gasteiger partial charge in [-0.3, -0.25) is 4.99 Å². The molecule has 0 atom stereocenters. The van der Waals surface area contributed by atoms with E-state index in [4.69, 9.17) is 9.98 Å². The first kappa shape index (κ1) is 41.4. The topological polar surface area (TPSA) is 40.3 Å². The van der Waals surface area contributed by atoms with Gasteiger partial charge in [0.1, 0.15) is 0 Å². The number of hydrogen-bond donors (Lipinski definition) is 0. The van der Waals surface area contributed by atoms with Gasteiger partial charge in [-0.2, -0.15) is 0 Å². The molecule has 0 bridgehead atoms. The third-order valence-corrected chi connectivity index (χ3v) is 13.7. The van der Waals surface area contributed by atoms with E-state index in [-0.39, 0.29) is 0 Å². The first-order valence-electron chi connectivity index (χ1n) is 21.7. The Balaban J connectivity index is 1.12. The standard InChI is InChI=1S/C59H44N4S2/c1-3-4-31-54-51(39-57(61-40-41-19-9-5-10-20-41)62-59(60-2)44-25-15-8-16-26-44)50-30-18-29-49(58(50)65-54)47-33-35-53-56(38-47)64-55-37-46(43-23-13-7-14-24-43)32-34-52(55)63(53)48-28-17-27-45(36-48)42-21-11-6-12-22-42/h3-39H,2,40H2,1H3/b4-3-,51-39?,54-31+,61-57?,62-59?. The molecule has 8 aromatic carbocycles. The predicted octanol–water partition coefficient (Wildman–Crippen LogP) is 14.7. The van der Waals surface area contributed by atoms with Crippen LogP contribution in [-0.4, -0.2) is 18.4 Å². The Morgan fingerprint density at radius 1 is 0.600 bits per heavy atom. The zero-order chi connectivity index (χ0) is 44.0. The molecule has 0 aliphatic carbocycles. The molecule has 0 saturated heterocycles. The fraction of sp³-hybridized carbons (Fsp3) is 0.0339. The number of hydrogen-bond acceptors (Lipinski definition) is 4. The minimum absolute atomic E-state index is 0.479. The second kappa shape index (κ2) is 19.0. The molecule has 312 valence electrons. The summed E-state index contributed by atoms with van der Waals surface area (Å²) in [6, 6.07) is 70.8. The number of rotatable bonds is 9. The van der Waals surface area contributed by atoms with Crippen LogP contribution in [0.15, 0.2) is 237 Å². The lowest BCUT2D eigenvalue weighted by Crippen LogP contribution is -2.20. The van der Waals surface area contributed by atoms with Gasteiger partial charge in [-0.15, -0.1) is 11.3 Å². The zero-order valence-electron chi connectivity index (χ0n) is 35.9. The molecule has 0 saturated carbocycles. The van der Waals surface area contributed by atoms with Crippen LogP contribution in [0, 0.1) is 0 Å². The van der Waals surface area contributed by atoms with Crippen molar-refractivity contribution >= 4 is 80.8 Å². The number of nitrogens with zero attached hydrogens (tertiary/aromatic N) is 4. The van der Waals surface area contributed by atoms with Crippen LogP contribution in [0.25, 0.3) is 55.6 Å². The monoisotopic (exact) mass is 872 g/mol. The van der Waals surface area contributed by atoms with Crippen molar-refractivity contribution in [2.75, 3.05) is 4.90 Å². The first-order valence-corrected chi connectivity index (χ1v) is 23.3. The molecule has 0 radical (unpaired) electrons. The quantitative estimate of drug-likeness (QED) is 0.107. The zero-order valence-corrected chi connectivity index (χ0v) is 37.5. The lowest BCUT2D eigenvalue weighted by Gasteiger charge is -2.34. The highest BCUT2D eigenvalue weighted by Crippen LogP contribution is 2.53. The van der Waals surface area contributed by atoms with E-state index in [0.29, 0.717) is 18.2 Å². The number of thiophene rings is 1. The summed E-state index contributed by atoms with van der Waals surface area (Å²) in [6.07, 6.45) is 8.47. The van der Waals surface area contributed by atoms with Crippen molar-refractivity contribution in [3.63, 3.8) is 0 Å². The summed E-state index contributed by atoms with van der Waals surface area (Å²) in [5.74, 6) is 1.10. The molecule has 0 spiro atoms. The Morgan fingerprint density at radius 2 is 1.20 bits per heavy atom. The maximum atomic E-state index is 5.09. The first-order chi connectivity index (χ1) is 32.1. The third-order valence-electron chi connectivity index (χ3n) is 11.4. The predicted molar refractivity (Wildman–Crippen MR) is 280 cm³/mol. The molecule has 65 heavy (non-hydrogen) atoms. The van der Waals surface area contributed by atoms with E-state index in [1.165, 1.54) is 48.0 Å². The normalized spacial score (nSPS) is 13.3. The van der Waals surface area contributed by atoms with Gasteiger partial charge in [-0.1, -0.05) is 188 Å². The molecule has 0 amide bonds. The van der Waals surface area contributed by atoms with Gasteiger partial charge < -0.3 is 4.90 Å². The van der Waals surface area contributed by atoms with Crippen LogP contribution >= 0.6 is 23.1 Å². The largest absolute Gasteiger partial charge is 0.308 e. The van der Waals surface area contributed by atoms with E-state index >= 15 is 0 Å². The van der Waals surface area contributed by atoms with E-state index in [2.05, 4.69) is 193 Å². The maximum absolute atomic E-state index is 5.09. The summed E-state index contributed by atoms with van der Waals surface area (Å²) in [7, 11) is 0. The molecule has 0 unspecified atom stereocenters. The SMILES string of the molecule is C=NC(=NC(C=c1/c(=C\C=C/C)sc2c(-c3ccc4c(c3)Sc3cc(-c5ccccc5)ccc3N4c3cccc(-c4ccccc4)c3)cccc12)=NCc1ccccc1)c1ccccc1. The lowest BCUT2D eigenvalue weighted by molar-refractivity contribution is 1.07. The fourth-order valence-corrected chi connectivity index (χ4v) is 10.6. The molecule has 4 nitrogen and oxygen atoms in total. The van der Waals surface area contributed by atoms with E-state index in [9.17, 15) is 0 Å². The summed E-state index contributed by atoms with van der Waals surface area (Å²) < 4.78 is 2.33. The number of amidine groups is 2. The van der Waals surface area contributed by atoms with Gasteiger partial charge in [0.05, 0.1) is 17.9 Å². The van der Waals surface area contributed by atoms with Crippen molar-refractivity contribution < 1.29 is 0 Å². The van der Waals surface area contributed by atoms with E-state index in [1.807, 2.05) is 67.2 Å². The summed E-state index contributed by atoms with van der Waals surface area (Å²) in [5, 5.41) is 2.21. The highest BCUT2D eigenvalue weighted by molar-refractivity contribution is 7.99. The third kappa shape index (κ3) is 8.83. The maximum Gasteiger partial charge on any atom is 0.160 e. The Hall–Kier alpha value is -7.64. The minimum Gasteiger partial charge on any atom is -0.308 e. The molecule has 6 heteroatoms. The van der Waals surface area contributed by atoms with Crippen molar-refractivity contribution in [1.29, 1.82) is 0 Å². The van der Waals surface area contributed by atoms with Crippen LogP contribution in [0.5, 0.6) is 0 Å². The minimum atomic E-state index is 0.479. The van der Waals surface area contributed by atoms with Crippen molar-refractivity contribution in [3.8, 4) is 33.4 Å². The molecule has 0 fully saturated rings. The fourth-order valence-electron chi connectivity index (χ4n) is 8.25. The highest BCUT2D eigenvalue weighted by Gasteiger charge is 2.26. The number of benzene rings is 8. The van der Waals surface area contributed by atoms with Crippen LogP contribution in [0.3, 0.4) is 0 Å². The molecular formula is C59H44N4S2. The number of aliphatic imine (C=N–C) groups is 3. The summed E-state index contributed by atoms with van der Waals surface area (Å²) in [5.41, 5.74) is 12.5. The Morgan fingerprint density at radius 3 is 1.88 bits per heavy atom. The van der Waals surface area contributed by atoms with Crippen molar-refractivity contribution in [2.45, 2.75) is 23.3 Å². The molecule has 1 aliphatic heterocycles. The Bertz CT molecular complexity index is 3390. The average Bonchev–Trinajstić information content (AvgIpc) is 3.73. The van der Waals surface area contributed by atoms with E-state index < -0.39 is 0 Å². The van der Waals surface area contributed by atoms with Crippen molar-refractivity contribution in [1.82, 2.24) is 0 Å². The van der Waals surface area contributed by atoms with Gasteiger partial charge in [0.25, 0.3) is 0 Å². The number of fused-ring (bicyclic) bond motifs is 3. The summed E-state index contributed by atoms with van der Waals surface area (Å²) in [4.78, 5) is 19.3. The summed E-state index contributed by atoms with van der Waals surface area (Å²) in [6.45, 7) is 6.42. The average molecular weight is 873 g/mol. The van der Waals surface area contributed by atoms with Gasteiger partial charge in [-0.05, 0) is 101 Å². The van der Waals surface area contributed by atoms with Gasteiger partial charge in [0, 0.05) is 40.9 Å². The van der Waals surface area contributed by atoms with Gasteiger partial charge in [0.15, 0.2) is 11.7 Å². The van der Waals surface area contributed by atoms with Crippen LogP contribution in [0.2, 0.25) is 0 Å². The molecule has 9 aromatic rings. The second-order valence-electron chi connectivity index (χ2n) is 15.6. The smallest absolute Gasteiger partial charge is 0.160 e. The molecule has 1 aliphatic rings. The molecular weight excluding hydrogens is 829 g/mol. The molecule has 10 rings (SSSR count). The van der Waals surface area contributed by atoms with E-state index in [1.54, 1.807) is 11.3 Å². The molecule has 2 heterocycles.